The zero-order chi connectivity index (χ0) is 22.0. The Morgan fingerprint density at radius 2 is 2.23 bits per heavy atom. The first-order valence-corrected chi connectivity index (χ1v) is 10.3. The normalized spacial score (nSPS) is 22.2. The van der Waals surface area contributed by atoms with Crippen molar-refractivity contribution in [2.45, 2.75) is 45.2 Å². The molecule has 2 bridgehead atoms. The third-order valence-electron chi connectivity index (χ3n) is 5.84. The van der Waals surface area contributed by atoms with Crippen molar-refractivity contribution in [1.82, 2.24) is 14.9 Å². The molecule has 0 saturated carbocycles. The first-order valence-electron chi connectivity index (χ1n) is 10.3. The number of ether oxygens (including phenoxy) is 1. The highest BCUT2D eigenvalue weighted by Gasteiger charge is 2.49. The fourth-order valence-electron chi connectivity index (χ4n) is 4.52. The van der Waals surface area contributed by atoms with Crippen LogP contribution in [0.25, 0.3) is 0 Å². The van der Waals surface area contributed by atoms with Crippen LogP contribution in [0.15, 0.2) is 40.7 Å². The van der Waals surface area contributed by atoms with Crippen LogP contribution in [0.1, 0.15) is 42.4 Å². The minimum Gasteiger partial charge on any atom is -0.477 e. The Hall–Kier alpha value is -3.36. The van der Waals surface area contributed by atoms with Crippen LogP contribution >= 0.6 is 0 Å². The second kappa shape index (κ2) is 8.79. The van der Waals surface area contributed by atoms with Crippen molar-refractivity contribution in [3.05, 3.63) is 47.7 Å². The minimum absolute atomic E-state index is 0.0629. The van der Waals surface area contributed by atoms with Crippen LogP contribution in [0.2, 0.25) is 0 Å². The molecule has 2 saturated heterocycles. The SMILES string of the molecule is C=NN(/N=C\C)c1ccc(C)nc1C(=O)N1C2CCC1C(COc1ccc(F)cn1)C2. The number of aromatic nitrogens is 2. The second-order valence-corrected chi connectivity index (χ2v) is 7.76. The van der Waals surface area contributed by atoms with Crippen molar-refractivity contribution < 1.29 is 13.9 Å². The van der Waals surface area contributed by atoms with Crippen LogP contribution in [0, 0.1) is 18.7 Å². The summed E-state index contributed by atoms with van der Waals surface area (Å²) in [7, 11) is 0. The smallest absolute Gasteiger partial charge is 0.275 e. The number of fused-ring (bicyclic) bond motifs is 2. The van der Waals surface area contributed by atoms with E-state index in [-0.39, 0.29) is 23.9 Å². The largest absolute Gasteiger partial charge is 0.477 e. The van der Waals surface area contributed by atoms with Gasteiger partial charge in [0.25, 0.3) is 5.91 Å². The zero-order valence-electron chi connectivity index (χ0n) is 17.6. The van der Waals surface area contributed by atoms with Gasteiger partial charge in [-0.25, -0.2) is 14.4 Å². The summed E-state index contributed by atoms with van der Waals surface area (Å²) in [4.78, 5) is 24.0. The Bertz CT molecular complexity index is 996. The van der Waals surface area contributed by atoms with E-state index in [2.05, 4.69) is 26.9 Å². The number of rotatable bonds is 7. The lowest BCUT2D eigenvalue weighted by atomic mass is 9.90. The van der Waals surface area contributed by atoms with Crippen molar-refractivity contribution >= 4 is 24.5 Å². The molecule has 2 aliphatic rings. The molecular weight excluding hydrogens is 399 g/mol. The molecule has 8 nitrogen and oxygen atoms in total. The number of nitrogens with zero attached hydrogens (tertiary/aromatic N) is 6. The Morgan fingerprint density at radius 3 is 2.94 bits per heavy atom. The van der Waals surface area contributed by atoms with Crippen LogP contribution in [0.4, 0.5) is 10.1 Å². The van der Waals surface area contributed by atoms with Gasteiger partial charge in [0.1, 0.15) is 11.5 Å². The maximum atomic E-state index is 13.6. The van der Waals surface area contributed by atoms with E-state index in [1.807, 2.05) is 17.9 Å². The Kier molecular flexibility index (Phi) is 5.92. The maximum absolute atomic E-state index is 13.6. The van der Waals surface area contributed by atoms with Crippen molar-refractivity contribution in [2.24, 2.45) is 16.1 Å². The van der Waals surface area contributed by atoms with Crippen molar-refractivity contribution in [1.29, 1.82) is 0 Å². The van der Waals surface area contributed by atoms with E-state index in [0.717, 1.165) is 31.2 Å². The number of pyridine rings is 2. The molecule has 2 fully saturated rings. The van der Waals surface area contributed by atoms with Gasteiger partial charge in [-0.3, -0.25) is 4.79 Å². The molecule has 162 valence electrons. The van der Waals surface area contributed by atoms with Crippen LogP contribution in [-0.2, 0) is 0 Å². The molecule has 2 aromatic heterocycles. The molecular formula is C22H25FN6O2. The Labute approximate surface area is 180 Å². The number of halogens is 1. The predicted octanol–water partition coefficient (Wildman–Crippen LogP) is 3.42. The molecule has 3 unspecified atom stereocenters. The van der Waals surface area contributed by atoms with E-state index in [9.17, 15) is 9.18 Å². The lowest BCUT2D eigenvalue weighted by Crippen LogP contribution is -2.38. The fraction of sp³-hybridized carbons (Fsp3) is 0.409. The van der Waals surface area contributed by atoms with Gasteiger partial charge in [0.15, 0.2) is 5.69 Å². The highest BCUT2D eigenvalue weighted by atomic mass is 19.1. The van der Waals surface area contributed by atoms with E-state index in [1.165, 1.54) is 17.3 Å². The third-order valence-corrected chi connectivity index (χ3v) is 5.84. The molecule has 1 amide bonds. The summed E-state index contributed by atoms with van der Waals surface area (Å²) in [6, 6.07) is 6.65. The van der Waals surface area contributed by atoms with E-state index >= 15 is 0 Å². The first kappa shape index (κ1) is 20.9. The van der Waals surface area contributed by atoms with Gasteiger partial charge in [-0.2, -0.15) is 15.3 Å². The maximum Gasteiger partial charge on any atom is 0.275 e. The van der Waals surface area contributed by atoms with Gasteiger partial charge in [-0.05, 0) is 51.3 Å². The van der Waals surface area contributed by atoms with Gasteiger partial charge in [0.05, 0.1) is 12.8 Å². The van der Waals surface area contributed by atoms with Crippen molar-refractivity contribution in [3.8, 4) is 5.88 Å². The van der Waals surface area contributed by atoms with Crippen molar-refractivity contribution in [3.63, 3.8) is 0 Å². The molecule has 2 aliphatic heterocycles. The van der Waals surface area contributed by atoms with Crippen LogP contribution in [0.5, 0.6) is 5.88 Å². The van der Waals surface area contributed by atoms with E-state index < -0.39 is 5.82 Å². The van der Waals surface area contributed by atoms with Gasteiger partial charge >= 0.3 is 0 Å². The molecule has 9 heteroatoms. The molecule has 4 heterocycles. The number of carbonyl (C=O) groups excluding carboxylic acids is 1. The summed E-state index contributed by atoms with van der Waals surface area (Å²) in [6.45, 7) is 7.60. The van der Waals surface area contributed by atoms with Gasteiger partial charge in [0, 0.05) is 42.7 Å². The van der Waals surface area contributed by atoms with Crippen LogP contribution in [0.3, 0.4) is 0 Å². The first-order chi connectivity index (χ1) is 15.0. The summed E-state index contributed by atoms with van der Waals surface area (Å²) in [6.07, 6.45) is 5.45. The highest BCUT2D eigenvalue weighted by Crippen LogP contribution is 2.43. The molecule has 4 rings (SSSR count). The van der Waals surface area contributed by atoms with Crippen LogP contribution < -0.4 is 9.85 Å². The molecule has 0 aromatic carbocycles. The monoisotopic (exact) mass is 424 g/mol. The number of anilines is 1. The number of hydrogen-bond acceptors (Lipinski definition) is 7. The average molecular weight is 424 g/mol. The number of amides is 1. The number of aryl methyl sites for hydroxylation is 1. The van der Waals surface area contributed by atoms with E-state index in [0.29, 0.717) is 23.9 Å². The standard InChI is InChI=1S/C22H25FN6O2/c1-4-26-29(24-3)19-8-5-14(2)27-21(19)22(30)28-17-7-9-18(28)15(11-17)13-31-20-10-6-16(23)12-25-20/h4-6,8,10,12,15,17-18H,3,7,9,11,13H2,1-2H3/b26-4-. The predicted molar refractivity (Wildman–Crippen MR) is 116 cm³/mol. The number of hydrogen-bond donors (Lipinski definition) is 0. The van der Waals surface area contributed by atoms with Gasteiger partial charge < -0.3 is 9.64 Å². The average Bonchev–Trinajstić information content (AvgIpc) is 3.35. The zero-order valence-corrected chi connectivity index (χ0v) is 17.6. The van der Waals surface area contributed by atoms with Crippen molar-refractivity contribution in [2.75, 3.05) is 11.7 Å². The summed E-state index contributed by atoms with van der Waals surface area (Å²) in [5, 5.41) is 9.39. The van der Waals surface area contributed by atoms with E-state index in [4.69, 9.17) is 4.74 Å². The molecule has 0 aliphatic carbocycles. The summed E-state index contributed by atoms with van der Waals surface area (Å²) < 4.78 is 18.8. The fourth-order valence-corrected chi connectivity index (χ4v) is 4.52. The molecule has 31 heavy (non-hydrogen) atoms. The number of hydrazone groups is 2. The van der Waals surface area contributed by atoms with E-state index in [1.54, 1.807) is 19.2 Å². The Balaban J connectivity index is 1.54. The molecule has 0 spiro atoms. The molecule has 0 N–H and O–H groups in total. The van der Waals surface area contributed by atoms with Gasteiger partial charge in [0.2, 0.25) is 5.88 Å². The van der Waals surface area contributed by atoms with Crippen LogP contribution in [-0.4, -0.2) is 52.4 Å². The second-order valence-electron chi connectivity index (χ2n) is 7.76. The highest BCUT2D eigenvalue weighted by molar-refractivity contribution is 5.98. The van der Waals surface area contributed by atoms with Gasteiger partial charge in [-0.1, -0.05) is 0 Å². The quantitative estimate of drug-likeness (QED) is 0.502. The Morgan fingerprint density at radius 1 is 1.39 bits per heavy atom. The topological polar surface area (TPSA) is 83.3 Å². The summed E-state index contributed by atoms with van der Waals surface area (Å²) >= 11 is 0. The van der Waals surface area contributed by atoms with Gasteiger partial charge in [-0.15, -0.1) is 0 Å². The molecule has 0 radical (unpaired) electrons. The third kappa shape index (κ3) is 4.12. The summed E-state index contributed by atoms with van der Waals surface area (Å²) in [5.74, 6) is 0.0365. The lowest BCUT2D eigenvalue weighted by molar-refractivity contribution is 0.0704. The molecule has 2 aromatic rings. The minimum atomic E-state index is -0.402. The lowest BCUT2D eigenvalue weighted by Gasteiger charge is -2.26. The molecule has 3 atom stereocenters. The number of carbonyl (C=O) groups is 1. The summed E-state index contributed by atoms with van der Waals surface area (Å²) in [5.41, 5.74) is 1.56.